The third-order valence-corrected chi connectivity index (χ3v) is 2.01. The summed E-state index contributed by atoms with van der Waals surface area (Å²) in [7, 11) is 0. The predicted molar refractivity (Wildman–Crippen MR) is 69.3 cm³/mol. The molecule has 3 heteroatoms. The van der Waals surface area contributed by atoms with Gasteiger partial charge in [0.1, 0.15) is 0 Å². The Morgan fingerprint density at radius 2 is 1.36 bits per heavy atom. The van der Waals surface area contributed by atoms with Gasteiger partial charge in [0.05, 0.1) is 0 Å². The standard InChI is InChI=1S/C11H10.2BrH.Os/c1-9-5-4-7-10-6-2-3-8-11(9)10;;;/h2-8H,1H3;2*1H;. The Morgan fingerprint density at radius 3 is 2.00 bits per heavy atom. The van der Waals surface area contributed by atoms with Crippen molar-refractivity contribution >= 4 is 44.7 Å². The van der Waals surface area contributed by atoms with E-state index in [1.807, 2.05) is 0 Å². The maximum absolute atomic E-state index is 2.16. The molecular weight excluding hydrogens is 482 g/mol. The number of rotatable bonds is 0. The van der Waals surface area contributed by atoms with E-state index in [2.05, 4.69) is 49.4 Å². The van der Waals surface area contributed by atoms with Gasteiger partial charge in [-0.05, 0) is 23.3 Å². The summed E-state index contributed by atoms with van der Waals surface area (Å²) >= 11 is 0. The van der Waals surface area contributed by atoms with Crippen LogP contribution >= 0.6 is 34.0 Å². The Balaban J connectivity index is 0. The number of benzene rings is 2. The van der Waals surface area contributed by atoms with Gasteiger partial charge in [-0.15, -0.1) is 34.0 Å². The Kier molecular flexibility index (Phi) is 9.04. The summed E-state index contributed by atoms with van der Waals surface area (Å²) in [6.45, 7) is 2.14. The first kappa shape index (κ1) is 16.7. The van der Waals surface area contributed by atoms with Crippen LogP contribution in [0.2, 0.25) is 0 Å². The Morgan fingerprint density at radius 1 is 0.786 bits per heavy atom. The molecule has 0 heterocycles. The largest absolute Gasteiger partial charge is 0.114 e. The van der Waals surface area contributed by atoms with Crippen LogP contribution in [0.4, 0.5) is 0 Å². The molecule has 0 saturated heterocycles. The molecule has 0 nitrogen and oxygen atoms in total. The van der Waals surface area contributed by atoms with E-state index in [1.165, 1.54) is 16.3 Å². The van der Waals surface area contributed by atoms with Gasteiger partial charge in [-0.3, -0.25) is 0 Å². The van der Waals surface area contributed by atoms with E-state index in [4.69, 9.17) is 0 Å². The van der Waals surface area contributed by atoms with Crippen molar-refractivity contribution in [3.63, 3.8) is 0 Å². The number of aryl methyl sites for hydroxylation is 1. The summed E-state index contributed by atoms with van der Waals surface area (Å²) in [4.78, 5) is 0. The first-order valence-electron chi connectivity index (χ1n) is 3.82. The van der Waals surface area contributed by atoms with E-state index >= 15 is 0 Å². The summed E-state index contributed by atoms with van der Waals surface area (Å²) in [5.41, 5.74) is 1.35. The van der Waals surface area contributed by atoms with Crippen LogP contribution in [0.25, 0.3) is 10.8 Å². The van der Waals surface area contributed by atoms with Crippen LogP contribution in [-0.4, -0.2) is 0 Å². The van der Waals surface area contributed by atoms with Crippen LogP contribution in [0, 0.1) is 6.92 Å². The van der Waals surface area contributed by atoms with Crippen LogP contribution in [0.3, 0.4) is 0 Å². The molecule has 0 aliphatic heterocycles. The smallest absolute Gasteiger partial charge is 0 e. The second-order valence-corrected chi connectivity index (χ2v) is 2.80. The summed E-state index contributed by atoms with van der Waals surface area (Å²) in [5.74, 6) is 0. The molecule has 0 bridgehead atoms. The van der Waals surface area contributed by atoms with Gasteiger partial charge >= 0.3 is 0 Å². The number of halogens is 2. The fourth-order valence-corrected chi connectivity index (χ4v) is 1.39. The Hall–Kier alpha value is 0.296. The minimum atomic E-state index is 0. The molecule has 0 atom stereocenters. The average molecular weight is 494 g/mol. The summed E-state index contributed by atoms with van der Waals surface area (Å²) in [5, 5.41) is 2.68. The van der Waals surface area contributed by atoms with Gasteiger partial charge in [0.25, 0.3) is 0 Å². The third kappa shape index (κ3) is 3.46. The van der Waals surface area contributed by atoms with Gasteiger partial charge in [0.15, 0.2) is 0 Å². The molecule has 0 unspecified atom stereocenters. The van der Waals surface area contributed by atoms with Crippen molar-refractivity contribution in [2.45, 2.75) is 6.92 Å². The maximum atomic E-state index is 2.16. The van der Waals surface area contributed by atoms with Gasteiger partial charge in [0, 0.05) is 19.8 Å². The zero-order valence-corrected chi connectivity index (χ0v) is 13.7. The van der Waals surface area contributed by atoms with Gasteiger partial charge in [-0.2, -0.15) is 0 Å². The molecular formula is C11H12Br2Os. The van der Waals surface area contributed by atoms with Crippen molar-refractivity contribution in [3.05, 3.63) is 48.0 Å². The third-order valence-electron chi connectivity index (χ3n) is 2.01. The van der Waals surface area contributed by atoms with E-state index in [0.717, 1.165) is 0 Å². The summed E-state index contributed by atoms with van der Waals surface area (Å²) < 4.78 is 0. The zero-order valence-electron chi connectivity index (χ0n) is 7.71. The fourth-order valence-electron chi connectivity index (χ4n) is 1.39. The van der Waals surface area contributed by atoms with E-state index < -0.39 is 0 Å². The van der Waals surface area contributed by atoms with Crippen LogP contribution in [0.1, 0.15) is 5.56 Å². The molecule has 2 rings (SSSR count). The topological polar surface area (TPSA) is 0 Å². The molecule has 0 N–H and O–H groups in total. The van der Waals surface area contributed by atoms with Crippen molar-refractivity contribution in [1.29, 1.82) is 0 Å². The Labute approximate surface area is 119 Å². The second-order valence-electron chi connectivity index (χ2n) is 2.80. The Bertz CT molecular complexity index is 382. The molecule has 0 fully saturated rings. The molecule has 0 aliphatic rings. The second kappa shape index (κ2) is 7.57. The van der Waals surface area contributed by atoms with E-state index in [0.29, 0.717) is 0 Å². The van der Waals surface area contributed by atoms with Gasteiger partial charge in [0.2, 0.25) is 0 Å². The first-order valence-corrected chi connectivity index (χ1v) is 3.82. The van der Waals surface area contributed by atoms with Crippen LogP contribution in [0.15, 0.2) is 42.5 Å². The van der Waals surface area contributed by atoms with Crippen LogP contribution < -0.4 is 0 Å². The van der Waals surface area contributed by atoms with Crippen molar-refractivity contribution in [3.8, 4) is 0 Å². The minimum absolute atomic E-state index is 0. The molecule has 14 heavy (non-hydrogen) atoms. The van der Waals surface area contributed by atoms with E-state index in [-0.39, 0.29) is 53.8 Å². The number of fused-ring (bicyclic) bond motifs is 1. The molecule has 0 saturated carbocycles. The quantitative estimate of drug-likeness (QED) is 0.513. The normalized spacial score (nSPS) is 8.07. The van der Waals surface area contributed by atoms with Crippen molar-refractivity contribution in [2.75, 3.05) is 0 Å². The SMILES string of the molecule is Br.Br.Cc1cccc2ccccc12.[Os]. The van der Waals surface area contributed by atoms with Crippen molar-refractivity contribution < 1.29 is 19.8 Å². The van der Waals surface area contributed by atoms with Crippen LogP contribution in [0.5, 0.6) is 0 Å². The molecule has 0 aromatic heterocycles. The zero-order chi connectivity index (χ0) is 7.68. The molecule has 0 radical (unpaired) electrons. The average Bonchev–Trinajstić information content (AvgIpc) is 2.06. The number of hydrogen-bond donors (Lipinski definition) is 0. The minimum Gasteiger partial charge on any atom is -0.114 e. The number of hydrogen-bond acceptors (Lipinski definition) is 0. The summed E-state index contributed by atoms with van der Waals surface area (Å²) in [6, 6.07) is 14.8. The van der Waals surface area contributed by atoms with E-state index in [1.54, 1.807) is 0 Å². The molecule has 2 aromatic carbocycles. The van der Waals surface area contributed by atoms with Crippen LogP contribution in [-0.2, 0) is 19.8 Å². The van der Waals surface area contributed by atoms with Crippen molar-refractivity contribution in [1.82, 2.24) is 0 Å². The summed E-state index contributed by atoms with van der Waals surface area (Å²) in [6.07, 6.45) is 0. The van der Waals surface area contributed by atoms with E-state index in [9.17, 15) is 0 Å². The molecule has 0 spiro atoms. The molecule has 0 aliphatic carbocycles. The molecule has 0 amide bonds. The molecule has 2 aromatic rings. The van der Waals surface area contributed by atoms with Gasteiger partial charge in [-0.25, -0.2) is 0 Å². The first-order chi connectivity index (χ1) is 5.38. The van der Waals surface area contributed by atoms with Gasteiger partial charge < -0.3 is 0 Å². The molecule has 78 valence electrons. The maximum Gasteiger partial charge on any atom is 0 e. The van der Waals surface area contributed by atoms with Gasteiger partial charge in [-0.1, -0.05) is 42.5 Å². The monoisotopic (exact) mass is 494 g/mol. The predicted octanol–water partition coefficient (Wildman–Crippen LogP) is 4.30. The van der Waals surface area contributed by atoms with Crippen molar-refractivity contribution in [2.24, 2.45) is 0 Å². The fraction of sp³-hybridized carbons (Fsp3) is 0.0909.